The number of anilines is 1. The number of aromatic amines is 2. The smallest absolute Gasteiger partial charge is 0.290 e. The van der Waals surface area contributed by atoms with Gasteiger partial charge in [-0.25, -0.2) is 4.98 Å². The number of nitrogens with zero attached hydrogens (tertiary/aromatic N) is 3. The molecule has 0 atom stereocenters. The molecule has 0 bridgehead atoms. The fraction of sp³-hybridized carbons (Fsp3) is 0.226. The van der Waals surface area contributed by atoms with Crippen molar-refractivity contribution < 1.29 is 24.5 Å². The van der Waals surface area contributed by atoms with E-state index >= 15 is 0 Å². The number of carbonyl (C=O) groups is 2. The number of rotatable bonds is 6. The van der Waals surface area contributed by atoms with Crippen LogP contribution in [0.4, 0.5) is 5.69 Å². The second kappa shape index (κ2) is 14.0. The topological polar surface area (TPSA) is 156 Å². The van der Waals surface area contributed by atoms with Crippen LogP contribution in [0.15, 0.2) is 79.1 Å². The molecule has 3 heterocycles. The lowest BCUT2D eigenvalue weighted by Crippen LogP contribution is -2.41. The van der Waals surface area contributed by atoms with Crippen molar-refractivity contribution in [1.82, 2.24) is 25.5 Å². The summed E-state index contributed by atoms with van der Waals surface area (Å²) in [4.78, 5) is 27.5. The van der Waals surface area contributed by atoms with E-state index in [9.17, 15) is 0 Å². The van der Waals surface area contributed by atoms with Crippen LogP contribution in [-0.2, 0) is 15.0 Å². The Morgan fingerprint density at radius 3 is 2.24 bits per heavy atom. The van der Waals surface area contributed by atoms with E-state index in [1.165, 1.54) is 5.56 Å². The number of fused-ring (bicyclic) bond motifs is 1. The maximum absolute atomic E-state index is 8.36. The predicted octanol–water partition coefficient (Wildman–Crippen LogP) is 4.88. The number of aromatic nitrogens is 4. The zero-order valence-electron chi connectivity index (χ0n) is 23.4. The van der Waals surface area contributed by atoms with Gasteiger partial charge in [-0.05, 0) is 61.3 Å². The van der Waals surface area contributed by atoms with E-state index in [2.05, 4.69) is 55.7 Å². The van der Waals surface area contributed by atoms with Crippen LogP contribution in [-0.4, -0.2) is 70.5 Å². The van der Waals surface area contributed by atoms with Crippen molar-refractivity contribution in [2.75, 3.05) is 32.1 Å². The zero-order valence-corrected chi connectivity index (χ0v) is 23.4. The second-order valence-corrected chi connectivity index (χ2v) is 9.87. The molecule has 0 saturated carbocycles. The summed E-state index contributed by atoms with van der Waals surface area (Å²) in [6.45, 7) is 1.41. The highest BCUT2D eigenvalue weighted by Crippen LogP contribution is 2.40. The fourth-order valence-corrected chi connectivity index (χ4v) is 5.15. The molecule has 42 heavy (non-hydrogen) atoms. The van der Waals surface area contributed by atoms with Gasteiger partial charge in [-0.3, -0.25) is 14.7 Å². The molecule has 1 saturated heterocycles. The van der Waals surface area contributed by atoms with Crippen LogP contribution in [0, 0.1) is 0 Å². The molecule has 0 spiro atoms. The van der Waals surface area contributed by atoms with Crippen molar-refractivity contribution >= 4 is 29.7 Å². The molecular weight excluding hydrogens is 536 g/mol. The van der Waals surface area contributed by atoms with Crippen LogP contribution in [0.3, 0.4) is 0 Å². The van der Waals surface area contributed by atoms with E-state index in [4.69, 9.17) is 29.5 Å². The monoisotopic (exact) mass is 570 g/mol. The van der Waals surface area contributed by atoms with Crippen LogP contribution < -0.4 is 15.0 Å². The number of imidazole rings is 1. The molecule has 0 amide bonds. The molecular formula is C31H34N6O5. The lowest BCUT2D eigenvalue weighted by molar-refractivity contribution is -0.123. The third-order valence-electron chi connectivity index (χ3n) is 7.20. The Labute approximate surface area is 243 Å². The Morgan fingerprint density at radius 1 is 0.905 bits per heavy atom. The number of hydrogen-bond acceptors (Lipinski definition) is 7. The van der Waals surface area contributed by atoms with Crippen molar-refractivity contribution in [2.24, 2.45) is 0 Å². The average molecular weight is 571 g/mol. The first kappa shape index (κ1) is 29.8. The highest BCUT2D eigenvalue weighted by Gasteiger charge is 2.38. The van der Waals surface area contributed by atoms with Crippen LogP contribution >= 0.6 is 0 Å². The van der Waals surface area contributed by atoms with Crippen molar-refractivity contribution in [3.05, 3.63) is 90.5 Å². The molecule has 5 aromatic rings. The molecule has 11 heteroatoms. The Bertz CT molecular complexity index is 1570. The van der Waals surface area contributed by atoms with Gasteiger partial charge in [0.15, 0.2) is 0 Å². The summed E-state index contributed by atoms with van der Waals surface area (Å²) >= 11 is 0. The maximum Gasteiger partial charge on any atom is 0.290 e. The van der Waals surface area contributed by atoms with Gasteiger partial charge in [0, 0.05) is 43.7 Å². The molecule has 1 aliphatic heterocycles. The van der Waals surface area contributed by atoms with Gasteiger partial charge >= 0.3 is 0 Å². The summed E-state index contributed by atoms with van der Waals surface area (Å²) in [6, 6.07) is 23.0. The van der Waals surface area contributed by atoms with Gasteiger partial charge in [0.1, 0.15) is 17.3 Å². The van der Waals surface area contributed by atoms with Gasteiger partial charge in [0.2, 0.25) is 0 Å². The minimum atomic E-state index is -0.250. The number of nitrogens with one attached hydrogen (secondary N) is 3. The van der Waals surface area contributed by atoms with Crippen LogP contribution in [0.5, 0.6) is 11.5 Å². The molecule has 1 aliphatic rings. The van der Waals surface area contributed by atoms with E-state index in [0.29, 0.717) is 0 Å². The van der Waals surface area contributed by atoms with Gasteiger partial charge in [-0.2, -0.15) is 5.10 Å². The molecule has 1 fully saturated rings. The molecule has 2 aromatic heterocycles. The molecule has 5 N–H and O–H groups in total. The van der Waals surface area contributed by atoms with Gasteiger partial charge in [-0.15, -0.1) is 0 Å². The van der Waals surface area contributed by atoms with Crippen molar-refractivity contribution in [3.63, 3.8) is 0 Å². The van der Waals surface area contributed by atoms with E-state index in [1.807, 2.05) is 62.9 Å². The van der Waals surface area contributed by atoms with Crippen molar-refractivity contribution in [3.8, 4) is 22.6 Å². The summed E-state index contributed by atoms with van der Waals surface area (Å²) in [5, 5.41) is 24.3. The minimum absolute atomic E-state index is 0.166. The number of hydrogen-bond donors (Lipinski definition) is 5. The van der Waals surface area contributed by atoms with Crippen LogP contribution in [0.2, 0.25) is 0 Å². The standard InChI is InChI=1S/C29H30N6O.2CH2O2/c1-35(2)23-4-3-5-24(16-23)36-25-10-11-26-27(17-25)34-28(33-26)29(12-14-30-15-13-29)22-8-6-20(7-9-22)21-18-31-32-19-21;2*2-1-3/h3-11,16-19,30H,12-15H2,1-2H3,(H,31,32)(H,33,34);2*1H,(H,2,3). The van der Waals surface area contributed by atoms with Crippen LogP contribution in [0.1, 0.15) is 24.2 Å². The summed E-state index contributed by atoms with van der Waals surface area (Å²) in [5.41, 5.74) is 6.40. The summed E-state index contributed by atoms with van der Waals surface area (Å²) in [5.74, 6) is 2.62. The van der Waals surface area contributed by atoms with E-state index in [-0.39, 0.29) is 18.4 Å². The molecule has 0 radical (unpaired) electrons. The van der Waals surface area contributed by atoms with Crippen LogP contribution in [0.25, 0.3) is 22.2 Å². The largest absolute Gasteiger partial charge is 0.483 e. The first-order valence-electron chi connectivity index (χ1n) is 13.4. The zero-order chi connectivity index (χ0) is 30.0. The second-order valence-electron chi connectivity index (χ2n) is 9.87. The van der Waals surface area contributed by atoms with Gasteiger partial charge < -0.3 is 30.2 Å². The third kappa shape index (κ3) is 6.76. The number of benzene rings is 3. The first-order chi connectivity index (χ1) is 20.4. The summed E-state index contributed by atoms with van der Waals surface area (Å²) in [6.07, 6.45) is 5.74. The number of carboxylic acid groups (broad SMARTS) is 2. The molecule has 3 aromatic carbocycles. The highest BCUT2D eigenvalue weighted by atomic mass is 16.5. The SMILES string of the molecule is CN(C)c1cccc(Oc2ccc3nc(C4(c5ccc(-c6cn[nH]c6)cc5)CCNCC4)[nH]c3c2)c1.O=CO.O=CO. The van der Waals surface area contributed by atoms with Gasteiger partial charge in [-0.1, -0.05) is 30.3 Å². The normalized spacial score (nSPS) is 13.6. The minimum Gasteiger partial charge on any atom is -0.483 e. The number of H-pyrrole nitrogens is 2. The lowest BCUT2D eigenvalue weighted by atomic mass is 9.72. The molecule has 6 rings (SSSR count). The number of piperidine rings is 1. The van der Waals surface area contributed by atoms with E-state index in [0.717, 1.165) is 71.1 Å². The first-order valence-corrected chi connectivity index (χ1v) is 13.4. The van der Waals surface area contributed by atoms with Crippen molar-refractivity contribution in [2.45, 2.75) is 18.3 Å². The lowest BCUT2D eigenvalue weighted by Gasteiger charge is -2.36. The highest BCUT2D eigenvalue weighted by molar-refractivity contribution is 5.77. The third-order valence-corrected chi connectivity index (χ3v) is 7.20. The van der Waals surface area contributed by atoms with Gasteiger partial charge in [0.05, 0.1) is 22.6 Å². The molecule has 218 valence electrons. The van der Waals surface area contributed by atoms with Gasteiger partial charge in [0.25, 0.3) is 12.9 Å². The Hall–Kier alpha value is -5.16. The number of ether oxygens (including phenoxy) is 1. The Morgan fingerprint density at radius 2 is 1.60 bits per heavy atom. The molecule has 11 nitrogen and oxygen atoms in total. The van der Waals surface area contributed by atoms with Crippen molar-refractivity contribution in [1.29, 1.82) is 0 Å². The van der Waals surface area contributed by atoms with E-state index < -0.39 is 0 Å². The fourth-order valence-electron chi connectivity index (χ4n) is 5.15. The maximum atomic E-state index is 8.36. The Balaban J connectivity index is 0.000000624. The quantitative estimate of drug-likeness (QED) is 0.180. The molecule has 0 unspecified atom stereocenters. The summed E-state index contributed by atoms with van der Waals surface area (Å²) < 4.78 is 6.20. The predicted molar refractivity (Wildman–Crippen MR) is 161 cm³/mol. The molecule has 0 aliphatic carbocycles. The summed E-state index contributed by atoms with van der Waals surface area (Å²) in [7, 11) is 4.05. The Kier molecular flexibility index (Phi) is 9.90. The average Bonchev–Trinajstić information content (AvgIpc) is 3.70. The van der Waals surface area contributed by atoms with E-state index in [1.54, 1.807) is 0 Å².